The lowest BCUT2D eigenvalue weighted by Crippen LogP contribution is -2.39. The highest BCUT2D eigenvalue weighted by Crippen LogP contribution is 2.47. The van der Waals surface area contributed by atoms with Crippen LogP contribution in [0.3, 0.4) is 0 Å². The van der Waals surface area contributed by atoms with Gasteiger partial charge in [-0.3, -0.25) is 9.69 Å². The first kappa shape index (κ1) is 20.6. The molecule has 0 fully saturated rings. The van der Waals surface area contributed by atoms with Crippen LogP contribution in [0.25, 0.3) is 0 Å². The highest BCUT2D eigenvalue weighted by molar-refractivity contribution is 8.17. The van der Waals surface area contributed by atoms with Gasteiger partial charge in [0.2, 0.25) is 0 Å². The summed E-state index contributed by atoms with van der Waals surface area (Å²) < 4.78 is 5.86. The van der Waals surface area contributed by atoms with E-state index in [2.05, 4.69) is 16.4 Å². The minimum Gasteiger partial charge on any atom is -0.494 e. The summed E-state index contributed by atoms with van der Waals surface area (Å²) >= 11 is 1.20. The Morgan fingerprint density at radius 1 is 1.26 bits per heavy atom. The molecule has 31 heavy (non-hydrogen) atoms. The predicted octanol–water partition coefficient (Wildman–Crippen LogP) is 4.11. The molecule has 0 saturated heterocycles. The third kappa shape index (κ3) is 3.76. The number of nitrogens with zero attached hydrogens (tertiary/aromatic N) is 3. The van der Waals surface area contributed by atoms with Crippen molar-refractivity contribution in [3.63, 3.8) is 0 Å². The van der Waals surface area contributed by atoms with Crippen LogP contribution in [0.4, 0.5) is 5.69 Å². The van der Waals surface area contributed by atoms with Crippen molar-refractivity contribution in [1.29, 1.82) is 5.26 Å². The van der Waals surface area contributed by atoms with Gasteiger partial charge >= 0.3 is 0 Å². The van der Waals surface area contributed by atoms with Gasteiger partial charge in [-0.2, -0.15) is 5.26 Å². The van der Waals surface area contributed by atoms with Crippen molar-refractivity contribution in [3.05, 3.63) is 82.2 Å². The second kappa shape index (κ2) is 8.58. The Balaban J connectivity index is 1.86. The molecule has 2 aliphatic rings. The van der Waals surface area contributed by atoms with E-state index in [1.165, 1.54) is 11.8 Å². The van der Waals surface area contributed by atoms with Gasteiger partial charge in [0.15, 0.2) is 5.17 Å². The van der Waals surface area contributed by atoms with Crippen molar-refractivity contribution in [2.45, 2.75) is 19.9 Å². The predicted molar refractivity (Wildman–Crippen MR) is 122 cm³/mol. The minimum atomic E-state index is -0.586. The second-order valence-corrected chi connectivity index (χ2v) is 7.86. The van der Waals surface area contributed by atoms with E-state index in [1.54, 1.807) is 11.8 Å². The third-order valence-electron chi connectivity index (χ3n) is 4.97. The quantitative estimate of drug-likeness (QED) is 0.738. The molecule has 156 valence electrons. The lowest BCUT2D eigenvalue weighted by Gasteiger charge is -2.35. The first-order chi connectivity index (χ1) is 15.0. The van der Waals surface area contributed by atoms with E-state index >= 15 is 0 Å². The number of hydrogen-bond donors (Lipinski definition) is 2. The van der Waals surface area contributed by atoms with Crippen molar-refractivity contribution in [2.24, 2.45) is 10.7 Å². The Morgan fingerprint density at radius 2 is 1.97 bits per heavy atom. The van der Waals surface area contributed by atoms with Gasteiger partial charge in [-0.15, -0.1) is 0 Å². The fraction of sp³-hybridized carbons (Fsp3) is 0.174. The summed E-state index contributed by atoms with van der Waals surface area (Å²) in [5.74, 6) is 0.642. The molecule has 1 amide bonds. The summed E-state index contributed by atoms with van der Waals surface area (Å²) in [5, 5.41) is 13.0. The Bertz CT molecular complexity index is 1160. The van der Waals surface area contributed by atoms with Crippen LogP contribution >= 0.6 is 11.8 Å². The normalized spacial score (nSPS) is 17.8. The molecule has 7 nitrogen and oxygen atoms in total. The second-order valence-electron chi connectivity index (χ2n) is 6.89. The number of allylic oxidation sites excluding steroid dienone is 2. The maximum Gasteiger partial charge on any atom is 0.255 e. The van der Waals surface area contributed by atoms with Crippen LogP contribution in [0.5, 0.6) is 5.75 Å². The van der Waals surface area contributed by atoms with E-state index < -0.39 is 6.04 Å². The molecule has 0 saturated carbocycles. The molecular formula is C23H21N5O2S. The fourth-order valence-corrected chi connectivity index (χ4v) is 4.55. The monoisotopic (exact) mass is 431 g/mol. The number of amides is 1. The maximum atomic E-state index is 13.4. The molecule has 2 heterocycles. The number of carbonyl (C=O) groups excluding carboxylic acids is 1. The van der Waals surface area contributed by atoms with Crippen LogP contribution < -0.4 is 15.8 Å². The SMILES string of the molecule is CCOc1ccccc1[C@@H]1C(C(=O)Nc2ccccc2)=C(C)N=C2SC(C#N)=C(N)N21. The Labute approximate surface area is 184 Å². The highest BCUT2D eigenvalue weighted by atomic mass is 32.2. The highest BCUT2D eigenvalue weighted by Gasteiger charge is 2.43. The molecular weight excluding hydrogens is 410 g/mol. The molecule has 0 radical (unpaired) electrons. The van der Waals surface area contributed by atoms with Crippen LogP contribution in [-0.2, 0) is 4.79 Å². The van der Waals surface area contributed by atoms with Gasteiger partial charge in [-0.25, -0.2) is 4.99 Å². The van der Waals surface area contributed by atoms with E-state index in [-0.39, 0.29) is 11.7 Å². The van der Waals surface area contributed by atoms with Crippen molar-refractivity contribution in [1.82, 2.24) is 4.90 Å². The number of amidine groups is 1. The number of nitriles is 1. The summed E-state index contributed by atoms with van der Waals surface area (Å²) in [7, 11) is 0. The average Bonchev–Trinajstić information content (AvgIpc) is 3.09. The van der Waals surface area contributed by atoms with Crippen LogP contribution in [0.15, 0.2) is 81.6 Å². The van der Waals surface area contributed by atoms with E-state index in [0.717, 1.165) is 5.56 Å². The molecule has 1 atom stereocenters. The van der Waals surface area contributed by atoms with Crippen molar-refractivity contribution in [3.8, 4) is 11.8 Å². The smallest absolute Gasteiger partial charge is 0.255 e. The Kier molecular flexibility index (Phi) is 5.69. The largest absolute Gasteiger partial charge is 0.494 e. The maximum absolute atomic E-state index is 13.4. The number of nitrogens with one attached hydrogen (secondary N) is 1. The number of rotatable bonds is 5. The zero-order valence-electron chi connectivity index (χ0n) is 17.1. The molecule has 2 aliphatic heterocycles. The number of para-hydroxylation sites is 2. The molecule has 0 aliphatic carbocycles. The van der Waals surface area contributed by atoms with Gasteiger partial charge in [0.05, 0.1) is 23.9 Å². The molecule has 2 aromatic carbocycles. The van der Waals surface area contributed by atoms with Gasteiger partial charge < -0.3 is 15.8 Å². The standard InChI is InChI=1S/C23H21N5O2S/c1-3-30-17-12-8-7-11-16(17)20-19(22(29)27-15-9-5-4-6-10-15)14(2)26-23-28(20)21(25)18(13-24)31-23/h4-12,20H,3,25H2,1-2H3,(H,27,29)/t20-/m1/s1. The third-order valence-corrected chi connectivity index (χ3v) is 5.94. The zero-order valence-corrected chi connectivity index (χ0v) is 17.9. The molecule has 0 unspecified atom stereocenters. The molecule has 3 N–H and O–H groups in total. The van der Waals surface area contributed by atoms with Gasteiger partial charge in [-0.1, -0.05) is 36.4 Å². The summed E-state index contributed by atoms with van der Waals surface area (Å²) in [6.45, 7) is 4.17. The van der Waals surface area contributed by atoms with Crippen molar-refractivity contribution >= 4 is 28.5 Å². The average molecular weight is 432 g/mol. The van der Waals surface area contributed by atoms with Gasteiger partial charge in [0.25, 0.3) is 5.91 Å². The lowest BCUT2D eigenvalue weighted by molar-refractivity contribution is -0.113. The number of carbonyl (C=O) groups is 1. The Hall–Kier alpha value is -3.70. The summed E-state index contributed by atoms with van der Waals surface area (Å²) in [5.41, 5.74) is 8.81. The Morgan fingerprint density at radius 3 is 2.68 bits per heavy atom. The van der Waals surface area contributed by atoms with E-state index in [4.69, 9.17) is 10.5 Å². The molecule has 0 aromatic heterocycles. The number of nitrogens with two attached hydrogens (primary N) is 1. The number of aliphatic imine (C=N–C) groups is 1. The van der Waals surface area contributed by atoms with Gasteiger partial charge in [0.1, 0.15) is 22.5 Å². The van der Waals surface area contributed by atoms with Crippen LogP contribution in [0.1, 0.15) is 25.5 Å². The first-order valence-electron chi connectivity index (χ1n) is 9.79. The topological polar surface area (TPSA) is 104 Å². The van der Waals surface area contributed by atoms with Crippen molar-refractivity contribution < 1.29 is 9.53 Å². The molecule has 8 heteroatoms. The number of thioether (sulfide) groups is 1. The zero-order chi connectivity index (χ0) is 22.0. The summed E-state index contributed by atoms with van der Waals surface area (Å²) in [6, 6.07) is 18.3. The lowest BCUT2D eigenvalue weighted by atomic mass is 9.93. The van der Waals surface area contributed by atoms with Crippen LogP contribution in [-0.4, -0.2) is 22.6 Å². The van der Waals surface area contributed by atoms with E-state index in [0.29, 0.717) is 39.4 Å². The number of hydrogen-bond acceptors (Lipinski definition) is 7. The van der Waals surface area contributed by atoms with Crippen LogP contribution in [0, 0.1) is 11.3 Å². The van der Waals surface area contributed by atoms with Gasteiger partial charge in [0, 0.05) is 11.3 Å². The molecule has 0 spiro atoms. The molecule has 2 aromatic rings. The number of ether oxygens (including phenoxy) is 1. The molecule has 0 bridgehead atoms. The molecule has 4 rings (SSSR count). The van der Waals surface area contributed by atoms with Crippen LogP contribution in [0.2, 0.25) is 0 Å². The van der Waals surface area contributed by atoms with E-state index in [9.17, 15) is 10.1 Å². The fourth-order valence-electron chi connectivity index (χ4n) is 3.64. The summed E-state index contributed by atoms with van der Waals surface area (Å²) in [4.78, 5) is 20.1. The number of anilines is 1. The minimum absolute atomic E-state index is 0.278. The number of fused-ring (bicyclic) bond motifs is 1. The first-order valence-corrected chi connectivity index (χ1v) is 10.6. The van der Waals surface area contributed by atoms with Crippen molar-refractivity contribution in [2.75, 3.05) is 11.9 Å². The summed E-state index contributed by atoms with van der Waals surface area (Å²) in [6.07, 6.45) is 0. The number of benzene rings is 2. The van der Waals surface area contributed by atoms with E-state index in [1.807, 2.05) is 61.5 Å². The van der Waals surface area contributed by atoms with Gasteiger partial charge in [-0.05, 0) is 43.8 Å².